The SMILES string of the molecule is Cc1cc(OCC(=O)N/N=C/c2c(C)nn(-c3ccccc3)c2Cl)ccc1Cl. The largest absolute Gasteiger partial charge is 0.484 e. The van der Waals surface area contributed by atoms with Crippen LogP contribution in [-0.2, 0) is 4.79 Å². The van der Waals surface area contributed by atoms with Gasteiger partial charge in [0.25, 0.3) is 5.91 Å². The Morgan fingerprint density at radius 1 is 1.21 bits per heavy atom. The van der Waals surface area contributed by atoms with Gasteiger partial charge in [0, 0.05) is 5.02 Å². The number of hydrogen-bond acceptors (Lipinski definition) is 4. The van der Waals surface area contributed by atoms with Crippen LogP contribution in [0.3, 0.4) is 0 Å². The number of benzene rings is 2. The number of halogens is 2. The molecule has 2 aromatic carbocycles. The van der Waals surface area contributed by atoms with Crippen LogP contribution in [0.15, 0.2) is 53.6 Å². The first-order valence-electron chi connectivity index (χ1n) is 8.47. The number of hydrazone groups is 1. The van der Waals surface area contributed by atoms with E-state index in [4.69, 9.17) is 27.9 Å². The summed E-state index contributed by atoms with van der Waals surface area (Å²) >= 11 is 12.4. The highest BCUT2D eigenvalue weighted by Gasteiger charge is 2.13. The van der Waals surface area contributed by atoms with Crippen molar-refractivity contribution in [1.82, 2.24) is 15.2 Å². The van der Waals surface area contributed by atoms with E-state index in [-0.39, 0.29) is 6.61 Å². The van der Waals surface area contributed by atoms with Crippen LogP contribution >= 0.6 is 23.2 Å². The minimum absolute atomic E-state index is 0.172. The van der Waals surface area contributed by atoms with Crippen molar-refractivity contribution < 1.29 is 9.53 Å². The maximum atomic E-state index is 11.9. The summed E-state index contributed by atoms with van der Waals surface area (Å²) in [4.78, 5) is 11.9. The number of rotatable bonds is 6. The van der Waals surface area contributed by atoms with Gasteiger partial charge in [0.15, 0.2) is 6.61 Å². The monoisotopic (exact) mass is 416 g/mol. The molecule has 0 aliphatic rings. The first kappa shape index (κ1) is 19.9. The number of aryl methyl sites for hydroxylation is 2. The molecule has 0 bridgehead atoms. The van der Waals surface area contributed by atoms with Gasteiger partial charge in [0.1, 0.15) is 10.9 Å². The molecule has 1 heterocycles. The second kappa shape index (κ2) is 8.91. The lowest BCUT2D eigenvalue weighted by atomic mass is 10.2. The molecule has 3 aromatic rings. The first-order chi connectivity index (χ1) is 13.5. The van der Waals surface area contributed by atoms with E-state index >= 15 is 0 Å². The maximum Gasteiger partial charge on any atom is 0.277 e. The van der Waals surface area contributed by atoms with Crippen molar-refractivity contribution in [2.24, 2.45) is 5.10 Å². The molecule has 3 rings (SSSR count). The molecule has 0 unspecified atom stereocenters. The van der Waals surface area contributed by atoms with E-state index in [0.29, 0.717) is 27.2 Å². The summed E-state index contributed by atoms with van der Waals surface area (Å²) in [6.45, 7) is 3.51. The highest BCUT2D eigenvalue weighted by atomic mass is 35.5. The van der Waals surface area contributed by atoms with E-state index in [1.54, 1.807) is 22.9 Å². The Hall–Kier alpha value is -2.83. The lowest BCUT2D eigenvalue weighted by Gasteiger charge is -2.06. The number of aromatic nitrogens is 2. The predicted molar refractivity (Wildman–Crippen MR) is 111 cm³/mol. The van der Waals surface area contributed by atoms with Gasteiger partial charge in [-0.25, -0.2) is 10.1 Å². The van der Waals surface area contributed by atoms with Crippen LogP contribution in [0, 0.1) is 13.8 Å². The van der Waals surface area contributed by atoms with Crippen molar-refractivity contribution in [3.05, 3.63) is 75.5 Å². The van der Waals surface area contributed by atoms with Crippen molar-refractivity contribution in [2.45, 2.75) is 13.8 Å². The molecule has 1 N–H and O–H groups in total. The summed E-state index contributed by atoms with van der Waals surface area (Å²) in [5, 5.41) is 9.42. The van der Waals surface area contributed by atoms with Crippen LogP contribution in [0.1, 0.15) is 16.8 Å². The molecule has 0 saturated heterocycles. The number of carbonyl (C=O) groups is 1. The Morgan fingerprint density at radius 2 is 1.96 bits per heavy atom. The van der Waals surface area contributed by atoms with Crippen LogP contribution < -0.4 is 10.2 Å². The van der Waals surface area contributed by atoms with Gasteiger partial charge in [-0.2, -0.15) is 10.2 Å². The van der Waals surface area contributed by atoms with Crippen molar-refractivity contribution in [3.63, 3.8) is 0 Å². The molecule has 144 valence electrons. The van der Waals surface area contributed by atoms with E-state index < -0.39 is 5.91 Å². The van der Waals surface area contributed by atoms with E-state index in [1.807, 2.05) is 44.2 Å². The molecule has 28 heavy (non-hydrogen) atoms. The molecular weight excluding hydrogens is 399 g/mol. The fourth-order valence-electron chi connectivity index (χ4n) is 2.46. The summed E-state index contributed by atoms with van der Waals surface area (Å²) in [6.07, 6.45) is 1.47. The van der Waals surface area contributed by atoms with Crippen LogP contribution in [0.5, 0.6) is 5.75 Å². The van der Waals surface area contributed by atoms with Crippen LogP contribution in [0.4, 0.5) is 0 Å². The number of hydrogen-bond donors (Lipinski definition) is 1. The van der Waals surface area contributed by atoms with E-state index in [9.17, 15) is 4.79 Å². The second-order valence-corrected chi connectivity index (χ2v) is 6.80. The van der Waals surface area contributed by atoms with E-state index in [0.717, 1.165) is 11.3 Å². The first-order valence-corrected chi connectivity index (χ1v) is 9.22. The fourth-order valence-corrected chi connectivity index (χ4v) is 2.89. The molecule has 6 nitrogen and oxygen atoms in total. The third-order valence-corrected chi connectivity index (χ3v) is 4.72. The Bertz CT molecular complexity index is 1020. The number of carbonyl (C=O) groups excluding carboxylic acids is 1. The Morgan fingerprint density at radius 3 is 2.68 bits per heavy atom. The lowest BCUT2D eigenvalue weighted by Crippen LogP contribution is -2.24. The number of para-hydroxylation sites is 1. The topological polar surface area (TPSA) is 68.5 Å². The Balaban J connectivity index is 1.60. The molecular formula is C20H18Cl2N4O2. The van der Waals surface area contributed by atoms with Gasteiger partial charge in [-0.1, -0.05) is 41.4 Å². The minimum Gasteiger partial charge on any atom is -0.484 e. The molecule has 1 aromatic heterocycles. The molecule has 8 heteroatoms. The molecule has 1 amide bonds. The molecule has 0 spiro atoms. The average Bonchev–Trinajstić information content (AvgIpc) is 2.98. The fraction of sp³-hybridized carbons (Fsp3) is 0.150. The van der Waals surface area contributed by atoms with Crippen molar-refractivity contribution in [1.29, 1.82) is 0 Å². The predicted octanol–water partition coefficient (Wildman–Crippen LogP) is 4.33. The maximum absolute atomic E-state index is 11.9. The zero-order valence-electron chi connectivity index (χ0n) is 15.3. The zero-order valence-corrected chi connectivity index (χ0v) is 16.8. The summed E-state index contributed by atoms with van der Waals surface area (Å²) in [7, 11) is 0. The molecule has 0 saturated carbocycles. The van der Waals surface area contributed by atoms with Gasteiger partial charge >= 0.3 is 0 Å². The third kappa shape index (κ3) is 4.71. The lowest BCUT2D eigenvalue weighted by molar-refractivity contribution is -0.123. The smallest absolute Gasteiger partial charge is 0.277 e. The third-order valence-electron chi connectivity index (χ3n) is 3.93. The highest BCUT2D eigenvalue weighted by molar-refractivity contribution is 6.32. The van der Waals surface area contributed by atoms with E-state index in [1.165, 1.54) is 6.21 Å². The normalized spacial score (nSPS) is 11.0. The molecule has 0 aliphatic carbocycles. The summed E-state index contributed by atoms with van der Waals surface area (Å²) in [6, 6.07) is 14.7. The van der Waals surface area contributed by atoms with Crippen LogP contribution in [0.25, 0.3) is 5.69 Å². The van der Waals surface area contributed by atoms with Crippen molar-refractivity contribution in [2.75, 3.05) is 6.61 Å². The van der Waals surface area contributed by atoms with Gasteiger partial charge < -0.3 is 4.74 Å². The van der Waals surface area contributed by atoms with E-state index in [2.05, 4.69) is 15.6 Å². The summed E-state index contributed by atoms with van der Waals surface area (Å²) in [5.74, 6) is 0.164. The number of nitrogens with zero attached hydrogens (tertiary/aromatic N) is 3. The van der Waals surface area contributed by atoms with Crippen LogP contribution in [-0.4, -0.2) is 28.5 Å². The molecule has 0 radical (unpaired) electrons. The molecule has 0 atom stereocenters. The number of nitrogens with one attached hydrogen (secondary N) is 1. The van der Waals surface area contributed by atoms with Crippen LogP contribution in [0.2, 0.25) is 10.2 Å². The average molecular weight is 417 g/mol. The number of amides is 1. The van der Waals surface area contributed by atoms with Crippen molar-refractivity contribution >= 4 is 35.3 Å². The Kier molecular flexibility index (Phi) is 6.34. The standard InChI is InChI=1S/C20H18Cl2N4O2/c1-13-10-16(8-9-18(13)21)28-12-19(27)24-23-11-17-14(2)25-26(20(17)22)15-6-4-3-5-7-15/h3-11H,12H2,1-2H3,(H,24,27)/b23-11+. The highest BCUT2D eigenvalue weighted by Crippen LogP contribution is 2.22. The van der Waals surface area contributed by atoms with Gasteiger partial charge in [-0.05, 0) is 49.7 Å². The second-order valence-electron chi connectivity index (χ2n) is 6.03. The zero-order chi connectivity index (χ0) is 20.1. The molecule has 0 aliphatic heterocycles. The minimum atomic E-state index is -0.395. The van der Waals surface area contributed by atoms with Gasteiger partial charge in [-0.15, -0.1) is 0 Å². The van der Waals surface area contributed by atoms with Crippen molar-refractivity contribution in [3.8, 4) is 11.4 Å². The quantitative estimate of drug-likeness (QED) is 0.480. The number of ether oxygens (including phenoxy) is 1. The van der Waals surface area contributed by atoms with Gasteiger partial charge in [0.2, 0.25) is 0 Å². The summed E-state index contributed by atoms with van der Waals surface area (Å²) in [5.41, 5.74) is 5.45. The Labute approximate surface area is 172 Å². The molecule has 0 fully saturated rings. The summed E-state index contributed by atoms with van der Waals surface area (Å²) < 4.78 is 7.05. The van der Waals surface area contributed by atoms with Gasteiger partial charge in [-0.3, -0.25) is 4.79 Å². The van der Waals surface area contributed by atoms with Gasteiger partial charge in [0.05, 0.1) is 23.2 Å².